The van der Waals surface area contributed by atoms with Gasteiger partial charge in [0, 0.05) is 46.9 Å². The summed E-state index contributed by atoms with van der Waals surface area (Å²) < 4.78 is 45.9. The van der Waals surface area contributed by atoms with Gasteiger partial charge in [0.25, 0.3) is 10.0 Å². The zero-order valence-corrected chi connectivity index (χ0v) is 26.9. The summed E-state index contributed by atoms with van der Waals surface area (Å²) in [4.78, 5) is 42.4. The third-order valence-corrected chi connectivity index (χ3v) is 8.85. The van der Waals surface area contributed by atoms with Crippen LogP contribution in [0.5, 0.6) is 0 Å². The van der Waals surface area contributed by atoms with Crippen LogP contribution in [-0.2, 0) is 38.7 Å². The molecule has 12 nitrogen and oxygen atoms in total. The Kier molecular flexibility index (Phi) is 9.87. The highest BCUT2D eigenvalue weighted by Crippen LogP contribution is 2.30. The molecule has 0 amide bonds. The average Bonchev–Trinajstić information content (AvgIpc) is 3.63. The number of para-hydroxylation sites is 1. The zero-order chi connectivity index (χ0) is 33.7. The first-order valence-electron chi connectivity index (χ1n) is 14.6. The molecule has 2 heterocycles. The summed E-state index contributed by atoms with van der Waals surface area (Å²) in [5.41, 5.74) is 2.73. The van der Waals surface area contributed by atoms with Crippen molar-refractivity contribution in [2.75, 3.05) is 32.2 Å². The van der Waals surface area contributed by atoms with Gasteiger partial charge in [0.1, 0.15) is 11.8 Å². The first kappa shape index (κ1) is 33.1. The third-order valence-electron chi connectivity index (χ3n) is 7.47. The van der Waals surface area contributed by atoms with Crippen molar-refractivity contribution in [2.24, 2.45) is 11.1 Å². The number of aromatic nitrogens is 1. The predicted octanol–water partition coefficient (Wildman–Crippen LogP) is 4.96. The molecule has 0 radical (unpaired) electrons. The molecule has 2 atom stereocenters. The van der Waals surface area contributed by atoms with E-state index >= 15 is 0 Å². The summed E-state index contributed by atoms with van der Waals surface area (Å²) >= 11 is 0. The maximum atomic E-state index is 13.2. The Morgan fingerprint density at radius 3 is 2.47 bits per heavy atom. The molecule has 4 aromatic rings. The number of carbonyl (C=O) groups excluding carboxylic acids is 3. The lowest BCUT2D eigenvalue weighted by Crippen LogP contribution is -2.17. The molecule has 0 saturated heterocycles. The average molecular weight is 660 g/mol. The van der Waals surface area contributed by atoms with Crippen LogP contribution in [0.25, 0.3) is 17.0 Å². The minimum atomic E-state index is -4.07. The van der Waals surface area contributed by atoms with E-state index in [4.69, 9.17) is 19.0 Å². The lowest BCUT2D eigenvalue weighted by atomic mass is 10.0. The van der Waals surface area contributed by atoms with Crippen molar-refractivity contribution in [1.82, 2.24) is 4.57 Å². The predicted molar refractivity (Wildman–Crippen MR) is 174 cm³/mol. The van der Waals surface area contributed by atoms with Crippen LogP contribution in [0.3, 0.4) is 0 Å². The van der Waals surface area contributed by atoms with E-state index in [1.165, 1.54) is 43.5 Å². The molecule has 13 heteroatoms. The molecule has 2 unspecified atom stereocenters. The molecular formula is C34H33N3O9S. The summed E-state index contributed by atoms with van der Waals surface area (Å²) in [5.74, 6) is -1.73. The van der Waals surface area contributed by atoms with Crippen LogP contribution in [-0.4, -0.2) is 64.0 Å². The standard InChI is InChI=1S/C34H33N3O9S/c1-21(19-43-3)20-45-33(39)24-8-7-9-27(16-24)47(41,42)36-26-14-12-23(13-15-26)31-29(34(40)46-35-31)17-25-18-37(22(2)32(38)44-4)30-11-6-5-10-28(25)30/h5-18,21-22,36H,19-20H2,1-4H3. The number of oxime groups is 1. The quantitative estimate of drug-likeness (QED) is 0.126. The van der Waals surface area contributed by atoms with Gasteiger partial charge in [0.05, 0.1) is 36.4 Å². The van der Waals surface area contributed by atoms with Crippen LogP contribution in [0.15, 0.2) is 94.6 Å². The number of rotatable bonds is 12. The van der Waals surface area contributed by atoms with E-state index < -0.39 is 34.0 Å². The van der Waals surface area contributed by atoms with Gasteiger partial charge in [-0.25, -0.2) is 22.8 Å². The van der Waals surface area contributed by atoms with Gasteiger partial charge in [0.2, 0.25) is 0 Å². The lowest BCUT2D eigenvalue weighted by molar-refractivity contribution is -0.144. The number of hydrogen-bond donors (Lipinski definition) is 1. The second-order valence-corrected chi connectivity index (χ2v) is 12.6. The number of ether oxygens (including phenoxy) is 3. The van der Waals surface area contributed by atoms with E-state index in [0.29, 0.717) is 17.7 Å². The van der Waals surface area contributed by atoms with E-state index in [0.717, 1.165) is 10.9 Å². The van der Waals surface area contributed by atoms with Gasteiger partial charge in [-0.3, -0.25) is 4.72 Å². The monoisotopic (exact) mass is 659 g/mol. The molecule has 1 aliphatic rings. The first-order valence-corrected chi connectivity index (χ1v) is 16.1. The van der Waals surface area contributed by atoms with Gasteiger partial charge in [-0.1, -0.05) is 48.5 Å². The molecule has 0 aliphatic carbocycles. The summed E-state index contributed by atoms with van der Waals surface area (Å²) in [6, 6.07) is 18.6. The molecule has 244 valence electrons. The molecule has 0 spiro atoms. The third kappa shape index (κ3) is 7.26. The molecule has 0 saturated carbocycles. The van der Waals surface area contributed by atoms with Crippen molar-refractivity contribution in [3.8, 4) is 0 Å². The Balaban J connectivity index is 1.35. The van der Waals surface area contributed by atoms with Crippen molar-refractivity contribution in [1.29, 1.82) is 0 Å². The molecule has 3 aromatic carbocycles. The van der Waals surface area contributed by atoms with Crippen molar-refractivity contribution < 1.29 is 41.8 Å². The molecule has 1 N–H and O–H groups in total. The normalized spacial score (nSPS) is 15.2. The van der Waals surface area contributed by atoms with Gasteiger partial charge in [-0.2, -0.15) is 0 Å². The van der Waals surface area contributed by atoms with E-state index in [-0.39, 0.29) is 40.0 Å². The highest BCUT2D eigenvalue weighted by atomic mass is 32.2. The number of sulfonamides is 1. The maximum absolute atomic E-state index is 13.2. The number of esters is 2. The van der Waals surface area contributed by atoms with Gasteiger partial charge < -0.3 is 23.6 Å². The van der Waals surface area contributed by atoms with E-state index in [1.807, 2.05) is 31.2 Å². The fraction of sp³-hybridized carbons (Fsp3) is 0.235. The summed E-state index contributed by atoms with van der Waals surface area (Å²) in [6.07, 6.45) is 3.40. The summed E-state index contributed by atoms with van der Waals surface area (Å²) in [5, 5.41) is 4.77. The fourth-order valence-electron chi connectivity index (χ4n) is 5.06. The van der Waals surface area contributed by atoms with Gasteiger partial charge >= 0.3 is 17.9 Å². The topological polar surface area (TPSA) is 152 Å². The van der Waals surface area contributed by atoms with Gasteiger partial charge in [0.15, 0.2) is 0 Å². The molecule has 0 fully saturated rings. The van der Waals surface area contributed by atoms with Gasteiger partial charge in [-0.15, -0.1) is 0 Å². The van der Waals surface area contributed by atoms with Crippen molar-refractivity contribution in [3.05, 3.63) is 101 Å². The Bertz CT molecular complexity index is 2000. The van der Waals surface area contributed by atoms with Crippen LogP contribution < -0.4 is 4.72 Å². The van der Waals surface area contributed by atoms with E-state index in [2.05, 4.69) is 9.88 Å². The highest BCUT2D eigenvalue weighted by molar-refractivity contribution is 7.92. The molecular weight excluding hydrogens is 626 g/mol. The number of carbonyl (C=O) groups is 3. The SMILES string of the molecule is COCC(C)COC(=O)c1cccc(S(=O)(=O)Nc2ccc(C3=NOC(=O)C3=Cc3cn(C(C)C(=O)OC)c4ccccc34)cc2)c1. The number of benzene rings is 3. The lowest BCUT2D eigenvalue weighted by Gasteiger charge is -2.12. The fourth-order valence-corrected chi connectivity index (χ4v) is 6.16. The Morgan fingerprint density at radius 2 is 1.74 bits per heavy atom. The minimum Gasteiger partial charge on any atom is -0.467 e. The number of methoxy groups -OCH3 is 2. The number of hydrogen-bond acceptors (Lipinski definition) is 10. The molecule has 1 aromatic heterocycles. The number of nitrogens with zero attached hydrogens (tertiary/aromatic N) is 2. The van der Waals surface area contributed by atoms with Crippen LogP contribution in [0.2, 0.25) is 0 Å². The summed E-state index contributed by atoms with van der Waals surface area (Å²) in [7, 11) is -1.19. The minimum absolute atomic E-state index is 0.0179. The van der Waals surface area contributed by atoms with Crippen molar-refractivity contribution in [2.45, 2.75) is 24.8 Å². The maximum Gasteiger partial charge on any atom is 0.368 e. The van der Waals surface area contributed by atoms with E-state index in [1.54, 1.807) is 43.0 Å². The Morgan fingerprint density at radius 1 is 1.00 bits per heavy atom. The largest absolute Gasteiger partial charge is 0.467 e. The second kappa shape index (κ2) is 14.0. The number of nitrogens with one attached hydrogen (secondary N) is 1. The van der Waals surface area contributed by atoms with Crippen LogP contribution in [0.4, 0.5) is 5.69 Å². The van der Waals surface area contributed by atoms with Crippen LogP contribution >= 0.6 is 0 Å². The molecule has 5 rings (SSSR count). The first-order chi connectivity index (χ1) is 22.5. The van der Waals surface area contributed by atoms with Gasteiger partial charge in [-0.05, 0) is 49.4 Å². The van der Waals surface area contributed by atoms with Crippen LogP contribution in [0.1, 0.15) is 41.4 Å². The van der Waals surface area contributed by atoms with E-state index in [9.17, 15) is 22.8 Å². The smallest absolute Gasteiger partial charge is 0.368 e. The number of anilines is 1. The molecule has 47 heavy (non-hydrogen) atoms. The van der Waals surface area contributed by atoms with Crippen molar-refractivity contribution in [3.63, 3.8) is 0 Å². The zero-order valence-electron chi connectivity index (χ0n) is 26.1. The van der Waals surface area contributed by atoms with Crippen molar-refractivity contribution >= 4 is 56.3 Å². The number of fused-ring (bicyclic) bond motifs is 1. The molecule has 0 bridgehead atoms. The highest BCUT2D eigenvalue weighted by Gasteiger charge is 2.28. The Labute approximate surface area is 271 Å². The van der Waals surface area contributed by atoms with Crippen LogP contribution in [0, 0.1) is 5.92 Å². The Hall–Kier alpha value is -5.27. The second-order valence-electron chi connectivity index (χ2n) is 11.0. The molecule has 1 aliphatic heterocycles. The summed E-state index contributed by atoms with van der Waals surface area (Å²) in [6.45, 7) is 4.13.